The number of ether oxygens (including phenoxy) is 1. The van der Waals surface area contributed by atoms with Crippen LogP contribution in [-0.4, -0.2) is 74.4 Å². The number of amides is 2. The monoisotopic (exact) mass is 346 g/mol. The lowest BCUT2D eigenvalue weighted by atomic mass is 10.2. The molecular formula is C19H30N4O2. The van der Waals surface area contributed by atoms with Gasteiger partial charge in [-0.2, -0.15) is 0 Å². The summed E-state index contributed by atoms with van der Waals surface area (Å²) in [6.07, 6.45) is 2.63. The summed E-state index contributed by atoms with van der Waals surface area (Å²) in [5, 5.41) is 5.86. The van der Waals surface area contributed by atoms with E-state index < -0.39 is 0 Å². The fraction of sp³-hybridized carbons (Fsp3) is 0.632. The Morgan fingerprint density at radius 1 is 1.32 bits per heavy atom. The third kappa shape index (κ3) is 5.70. The highest BCUT2D eigenvalue weighted by molar-refractivity contribution is 5.73. The van der Waals surface area contributed by atoms with Crippen molar-refractivity contribution >= 4 is 6.03 Å². The molecule has 0 saturated carbocycles. The van der Waals surface area contributed by atoms with Gasteiger partial charge in [-0.05, 0) is 32.0 Å². The molecule has 2 heterocycles. The predicted octanol–water partition coefficient (Wildman–Crippen LogP) is 1.28. The molecule has 2 aliphatic rings. The molecule has 2 N–H and O–H groups in total. The first-order valence-corrected chi connectivity index (χ1v) is 9.30. The maximum atomic E-state index is 11.9. The average Bonchev–Trinajstić information content (AvgIpc) is 3.08. The number of nitrogens with zero attached hydrogens (tertiary/aromatic N) is 2. The maximum Gasteiger partial charge on any atom is 0.314 e. The van der Waals surface area contributed by atoms with Crippen LogP contribution >= 0.6 is 0 Å². The van der Waals surface area contributed by atoms with E-state index in [1.54, 1.807) is 0 Å². The zero-order chi connectivity index (χ0) is 17.5. The first kappa shape index (κ1) is 18.2. The van der Waals surface area contributed by atoms with Gasteiger partial charge in [0.25, 0.3) is 0 Å². The van der Waals surface area contributed by atoms with Gasteiger partial charge in [0, 0.05) is 38.8 Å². The Balaban J connectivity index is 1.27. The van der Waals surface area contributed by atoms with Crippen LogP contribution in [0.3, 0.4) is 0 Å². The highest BCUT2D eigenvalue weighted by Crippen LogP contribution is 2.22. The van der Waals surface area contributed by atoms with Crippen LogP contribution in [0.5, 0.6) is 0 Å². The number of carbonyl (C=O) groups excluding carboxylic acids is 1. The molecule has 0 spiro atoms. The lowest BCUT2D eigenvalue weighted by Gasteiger charge is -2.35. The number of morpholine rings is 1. The van der Waals surface area contributed by atoms with Crippen molar-refractivity contribution in [3.8, 4) is 0 Å². The molecule has 2 saturated heterocycles. The first-order valence-electron chi connectivity index (χ1n) is 9.30. The van der Waals surface area contributed by atoms with Crippen molar-refractivity contribution in [2.75, 3.05) is 46.4 Å². The Bertz CT molecular complexity index is 539. The number of fused-ring (bicyclic) bond motifs is 1. The van der Waals surface area contributed by atoms with E-state index in [4.69, 9.17) is 4.74 Å². The molecule has 0 aliphatic carbocycles. The van der Waals surface area contributed by atoms with Crippen LogP contribution in [0.25, 0.3) is 0 Å². The van der Waals surface area contributed by atoms with Gasteiger partial charge in [-0.1, -0.05) is 30.3 Å². The van der Waals surface area contributed by atoms with Crippen molar-refractivity contribution in [3.05, 3.63) is 35.9 Å². The van der Waals surface area contributed by atoms with Crippen LogP contribution < -0.4 is 10.6 Å². The van der Waals surface area contributed by atoms with Crippen molar-refractivity contribution < 1.29 is 9.53 Å². The van der Waals surface area contributed by atoms with Crippen molar-refractivity contribution in [2.45, 2.75) is 31.5 Å². The average molecular weight is 346 g/mol. The summed E-state index contributed by atoms with van der Waals surface area (Å²) in [6, 6.07) is 10.8. The molecule has 138 valence electrons. The van der Waals surface area contributed by atoms with Crippen LogP contribution in [0.1, 0.15) is 18.4 Å². The number of hydrogen-bond donors (Lipinski definition) is 2. The second kappa shape index (κ2) is 9.17. The zero-order valence-corrected chi connectivity index (χ0v) is 15.1. The normalized spacial score (nSPS) is 23.4. The molecule has 25 heavy (non-hydrogen) atoms. The molecular weight excluding hydrogens is 316 g/mol. The minimum atomic E-state index is -0.111. The third-order valence-electron chi connectivity index (χ3n) is 5.03. The zero-order valence-electron chi connectivity index (χ0n) is 15.1. The van der Waals surface area contributed by atoms with Crippen molar-refractivity contribution in [3.63, 3.8) is 0 Å². The quantitative estimate of drug-likeness (QED) is 0.781. The predicted molar refractivity (Wildman–Crippen MR) is 98.5 cm³/mol. The maximum absolute atomic E-state index is 11.9. The molecule has 1 aromatic carbocycles. The third-order valence-corrected chi connectivity index (χ3v) is 5.03. The van der Waals surface area contributed by atoms with Gasteiger partial charge in [0.1, 0.15) is 0 Å². The summed E-state index contributed by atoms with van der Waals surface area (Å²) in [4.78, 5) is 16.6. The SMILES string of the molecule is CN(CCNC(=O)NC[C@H]1CN2CCC[C@H]2CO1)Cc1ccccc1. The van der Waals surface area contributed by atoms with Crippen LogP contribution in [0, 0.1) is 0 Å². The van der Waals surface area contributed by atoms with E-state index in [2.05, 4.69) is 39.6 Å². The standard InChI is InChI=1S/C19H30N4O2/c1-22(13-16-6-3-2-4-7-16)11-9-20-19(24)21-12-18-14-23-10-5-8-17(23)15-25-18/h2-4,6-7,17-18H,5,8-15H2,1H3,(H2,20,21,24)/t17-,18-/m0/s1. The Morgan fingerprint density at radius 3 is 3.00 bits per heavy atom. The van der Waals surface area contributed by atoms with Gasteiger partial charge in [0.15, 0.2) is 0 Å². The summed E-state index contributed by atoms with van der Waals surface area (Å²) in [7, 11) is 2.06. The molecule has 0 radical (unpaired) electrons. The Labute approximate surface area is 150 Å². The molecule has 3 rings (SSSR count). The summed E-state index contributed by atoms with van der Waals surface area (Å²) in [5.41, 5.74) is 1.28. The van der Waals surface area contributed by atoms with E-state index in [1.807, 2.05) is 18.2 Å². The molecule has 1 aromatic rings. The van der Waals surface area contributed by atoms with E-state index >= 15 is 0 Å². The Morgan fingerprint density at radius 2 is 2.16 bits per heavy atom. The number of hydrogen-bond acceptors (Lipinski definition) is 4. The van der Waals surface area contributed by atoms with Gasteiger partial charge in [0.2, 0.25) is 0 Å². The van der Waals surface area contributed by atoms with Crippen molar-refractivity contribution in [2.24, 2.45) is 0 Å². The second-order valence-corrected chi connectivity index (χ2v) is 7.11. The van der Waals surface area contributed by atoms with Crippen molar-refractivity contribution in [1.29, 1.82) is 0 Å². The van der Waals surface area contributed by atoms with Crippen LogP contribution in [0.4, 0.5) is 4.79 Å². The van der Waals surface area contributed by atoms with Crippen LogP contribution in [-0.2, 0) is 11.3 Å². The van der Waals surface area contributed by atoms with Gasteiger partial charge in [-0.3, -0.25) is 4.90 Å². The molecule has 2 amide bonds. The minimum absolute atomic E-state index is 0.111. The summed E-state index contributed by atoms with van der Waals surface area (Å²) in [6.45, 7) is 5.83. The Hall–Kier alpha value is -1.63. The lowest BCUT2D eigenvalue weighted by Crippen LogP contribution is -2.51. The molecule has 0 bridgehead atoms. The Kier molecular flexibility index (Phi) is 6.67. The summed E-state index contributed by atoms with van der Waals surface area (Å²) >= 11 is 0. The van der Waals surface area contributed by atoms with E-state index in [1.165, 1.54) is 24.9 Å². The molecule has 2 aliphatic heterocycles. The molecule has 6 heteroatoms. The van der Waals surface area contributed by atoms with Gasteiger partial charge < -0.3 is 20.3 Å². The number of nitrogens with one attached hydrogen (secondary N) is 2. The number of rotatable bonds is 7. The number of urea groups is 1. The summed E-state index contributed by atoms with van der Waals surface area (Å²) < 4.78 is 5.86. The van der Waals surface area contributed by atoms with E-state index in [-0.39, 0.29) is 12.1 Å². The van der Waals surface area contributed by atoms with Crippen LogP contribution in [0.2, 0.25) is 0 Å². The molecule has 2 fully saturated rings. The summed E-state index contributed by atoms with van der Waals surface area (Å²) in [5.74, 6) is 0. The number of benzene rings is 1. The fourth-order valence-electron chi connectivity index (χ4n) is 3.61. The minimum Gasteiger partial charge on any atom is -0.373 e. The highest BCUT2D eigenvalue weighted by atomic mass is 16.5. The van der Waals surface area contributed by atoms with Crippen LogP contribution in [0.15, 0.2) is 30.3 Å². The molecule has 6 nitrogen and oxygen atoms in total. The van der Waals surface area contributed by atoms with E-state index in [0.717, 1.165) is 26.2 Å². The highest BCUT2D eigenvalue weighted by Gasteiger charge is 2.32. The number of likely N-dealkylation sites (N-methyl/N-ethyl adjacent to an activating group) is 1. The van der Waals surface area contributed by atoms with Gasteiger partial charge in [0.05, 0.1) is 12.7 Å². The van der Waals surface area contributed by atoms with E-state index in [9.17, 15) is 4.79 Å². The number of carbonyl (C=O) groups is 1. The molecule has 2 atom stereocenters. The van der Waals surface area contributed by atoms with Gasteiger partial charge >= 0.3 is 6.03 Å². The fourth-order valence-corrected chi connectivity index (χ4v) is 3.61. The van der Waals surface area contributed by atoms with Gasteiger partial charge in [-0.15, -0.1) is 0 Å². The largest absolute Gasteiger partial charge is 0.373 e. The molecule has 0 unspecified atom stereocenters. The van der Waals surface area contributed by atoms with Gasteiger partial charge in [-0.25, -0.2) is 4.79 Å². The lowest BCUT2D eigenvalue weighted by molar-refractivity contribution is -0.0457. The topological polar surface area (TPSA) is 56.8 Å². The van der Waals surface area contributed by atoms with E-state index in [0.29, 0.717) is 19.1 Å². The first-order chi connectivity index (χ1) is 12.2. The smallest absolute Gasteiger partial charge is 0.314 e. The van der Waals surface area contributed by atoms with Crippen molar-refractivity contribution in [1.82, 2.24) is 20.4 Å². The molecule has 0 aromatic heterocycles. The second-order valence-electron chi connectivity index (χ2n) is 7.11.